The molecule has 0 atom stereocenters. The molecule has 1 aliphatic rings. The van der Waals surface area contributed by atoms with Gasteiger partial charge in [0.15, 0.2) is 11.6 Å². The second-order valence-electron chi connectivity index (χ2n) is 4.50. The van der Waals surface area contributed by atoms with Gasteiger partial charge in [0.1, 0.15) is 6.33 Å². The zero-order chi connectivity index (χ0) is 13.0. The Morgan fingerprint density at radius 3 is 2.83 bits per heavy atom. The fourth-order valence-corrected chi connectivity index (χ4v) is 2.04. The third kappa shape index (κ3) is 2.64. The smallest absolute Gasteiger partial charge is 0.205 e. The Hall–Kier alpha value is -1.56. The summed E-state index contributed by atoms with van der Waals surface area (Å²) in [6.07, 6.45) is 6.28. The van der Waals surface area contributed by atoms with E-state index in [0.29, 0.717) is 17.6 Å². The number of unbranched alkanes of at least 4 members (excludes halogenated alkanes) is 1. The molecule has 0 aliphatic heterocycles. The number of hydrazine groups is 1. The number of nitrogens with one attached hydrogen (secondary N) is 1. The first-order valence-corrected chi connectivity index (χ1v) is 6.44. The van der Waals surface area contributed by atoms with Crippen LogP contribution in [0.1, 0.15) is 32.6 Å². The minimum absolute atomic E-state index is 0.532. The van der Waals surface area contributed by atoms with Crippen LogP contribution in [0.25, 0.3) is 0 Å². The number of hydrogen-bond donors (Lipinski definition) is 2. The Bertz CT molecular complexity index is 394. The monoisotopic (exact) mass is 251 g/mol. The van der Waals surface area contributed by atoms with Crippen molar-refractivity contribution in [3.8, 4) is 5.75 Å². The molecule has 1 aromatic rings. The summed E-state index contributed by atoms with van der Waals surface area (Å²) in [4.78, 5) is 10.7. The van der Waals surface area contributed by atoms with Crippen molar-refractivity contribution in [1.29, 1.82) is 0 Å². The van der Waals surface area contributed by atoms with E-state index in [9.17, 15) is 0 Å². The Balaban J connectivity index is 2.28. The van der Waals surface area contributed by atoms with E-state index < -0.39 is 0 Å². The highest BCUT2D eigenvalue weighted by atomic mass is 16.5. The lowest BCUT2D eigenvalue weighted by Crippen LogP contribution is -2.28. The Morgan fingerprint density at radius 1 is 1.50 bits per heavy atom. The number of aromatic nitrogens is 2. The van der Waals surface area contributed by atoms with E-state index in [2.05, 4.69) is 27.2 Å². The van der Waals surface area contributed by atoms with E-state index >= 15 is 0 Å². The SMILES string of the molecule is CCCCN(c1ncnc(NN)c1OC)C1CC1. The summed E-state index contributed by atoms with van der Waals surface area (Å²) < 4.78 is 5.40. The molecule has 0 bridgehead atoms. The maximum absolute atomic E-state index is 5.45. The molecule has 1 heterocycles. The molecule has 3 N–H and O–H groups in total. The maximum Gasteiger partial charge on any atom is 0.205 e. The van der Waals surface area contributed by atoms with E-state index in [1.54, 1.807) is 7.11 Å². The third-order valence-corrected chi connectivity index (χ3v) is 3.14. The third-order valence-electron chi connectivity index (χ3n) is 3.14. The van der Waals surface area contributed by atoms with Crippen LogP contribution in [0.5, 0.6) is 5.75 Å². The normalized spacial score (nSPS) is 14.4. The Kier molecular flexibility index (Phi) is 4.19. The number of hydrogen-bond acceptors (Lipinski definition) is 6. The van der Waals surface area contributed by atoms with Crippen LogP contribution in [0, 0.1) is 0 Å². The molecular weight excluding hydrogens is 230 g/mol. The molecule has 0 spiro atoms. The molecule has 0 unspecified atom stereocenters. The highest BCUT2D eigenvalue weighted by Crippen LogP contribution is 2.38. The molecular formula is C12H21N5O. The van der Waals surface area contributed by atoms with Gasteiger partial charge in [-0.1, -0.05) is 13.3 Å². The molecule has 1 fully saturated rings. The van der Waals surface area contributed by atoms with Crippen LogP contribution < -0.4 is 20.9 Å². The highest BCUT2D eigenvalue weighted by molar-refractivity contribution is 5.65. The Labute approximate surface area is 108 Å². The molecule has 6 nitrogen and oxygen atoms in total. The van der Waals surface area contributed by atoms with E-state index in [4.69, 9.17) is 10.6 Å². The quantitative estimate of drug-likeness (QED) is 0.565. The molecule has 1 aliphatic carbocycles. The van der Waals surface area contributed by atoms with Gasteiger partial charge >= 0.3 is 0 Å². The molecule has 1 saturated carbocycles. The number of nitrogen functional groups attached to an aromatic ring is 1. The fraction of sp³-hybridized carbons (Fsp3) is 0.667. The van der Waals surface area contributed by atoms with Crippen molar-refractivity contribution >= 4 is 11.6 Å². The van der Waals surface area contributed by atoms with Crippen LogP contribution in [0.3, 0.4) is 0 Å². The number of ether oxygens (including phenoxy) is 1. The average Bonchev–Trinajstić information content (AvgIpc) is 3.23. The highest BCUT2D eigenvalue weighted by Gasteiger charge is 2.32. The molecule has 0 amide bonds. The second kappa shape index (κ2) is 5.86. The van der Waals surface area contributed by atoms with Crippen molar-refractivity contribution in [2.45, 2.75) is 38.6 Å². The number of rotatable bonds is 7. The number of anilines is 2. The zero-order valence-corrected chi connectivity index (χ0v) is 11.0. The van der Waals surface area contributed by atoms with Crippen LogP contribution in [0.15, 0.2) is 6.33 Å². The standard InChI is InChI=1S/C12H21N5O/c1-3-4-7-17(9-5-6-9)12-10(18-2)11(16-13)14-8-15-12/h8-9H,3-7,13H2,1-2H3,(H,14,15,16). The average molecular weight is 251 g/mol. The van der Waals surface area contributed by atoms with E-state index in [1.807, 2.05) is 0 Å². The second-order valence-corrected chi connectivity index (χ2v) is 4.50. The van der Waals surface area contributed by atoms with Crippen molar-refractivity contribution < 1.29 is 4.74 Å². The lowest BCUT2D eigenvalue weighted by atomic mass is 10.3. The largest absolute Gasteiger partial charge is 0.490 e. The van der Waals surface area contributed by atoms with E-state index in [0.717, 1.165) is 18.8 Å². The summed E-state index contributed by atoms with van der Waals surface area (Å²) in [5, 5.41) is 0. The van der Waals surface area contributed by atoms with Crippen LogP contribution in [0.2, 0.25) is 0 Å². The number of nitrogens with two attached hydrogens (primary N) is 1. The molecule has 18 heavy (non-hydrogen) atoms. The Morgan fingerprint density at radius 2 is 2.28 bits per heavy atom. The molecule has 100 valence electrons. The molecule has 6 heteroatoms. The molecule has 0 aromatic carbocycles. The van der Waals surface area contributed by atoms with Crippen molar-refractivity contribution in [3.05, 3.63) is 6.33 Å². The molecule has 0 saturated heterocycles. The first-order chi connectivity index (χ1) is 8.81. The van der Waals surface area contributed by atoms with E-state index in [-0.39, 0.29) is 0 Å². The van der Waals surface area contributed by atoms with E-state index in [1.165, 1.54) is 25.6 Å². The minimum Gasteiger partial charge on any atom is -0.490 e. The summed E-state index contributed by atoms with van der Waals surface area (Å²) in [7, 11) is 1.62. The van der Waals surface area contributed by atoms with Crippen LogP contribution >= 0.6 is 0 Å². The summed E-state index contributed by atoms with van der Waals surface area (Å²) in [5.74, 6) is 7.45. The van der Waals surface area contributed by atoms with Crippen LogP contribution in [-0.2, 0) is 0 Å². The van der Waals surface area contributed by atoms with Gasteiger partial charge in [0.25, 0.3) is 0 Å². The van der Waals surface area contributed by atoms with Gasteiger partial charge in [-0.05, 0) is 19.3 Å². The molecule has 1 aromatic heterocycles. The van der Waals surface area contributed by atoms with Crippen LogP contribution in [-0.4, -0.2) is 29.7 Å². The van der Waals surface area contributed by atoms with Gasteiger partial charge < -0.3 is 15.1 Å². The van der Waals surface area contributed by atoms with Gasteiger partial charge in [0, 0.05) is 12.6 Å². The minimum atomic E-state index is 0.532. The lowest BCUT2D eigenvalue weighted by Gasteiger charge is -2.25. The van der Waals surface area contributed by atoms with Crippen molar-refractivity contribution in [3.63, 3.8) is 0 Å². The molecule has 2 rings (SSSR count). The lowest BCUT2D eigenvalue weighted by molar-refractivity contribution is 0.411. The summed E-state index contributed by atoms with van der Waals surface area (Å²) in [5.41, 5.74) is 2.55. The van der Waals surface area contributed by atoms with Gasteiger partial charge in [0.05, 0.1) is 7.11 Å². The zero-order valence-electron chi connectivity index (χ0n) is 11.0. The van der Waals surface area contributed by atoms with Crippen LogP contribution in [0.4, 0.5) is 11.6 Å². The first-order valence-electron chi connectivity index (χ1n) is 6.44. The van der Waals surface area contributed by atoms with Crippen molar-refractivity contribution in [2.24, 2.45) is 5.84 Å². The van der Waals surface area contributed by atoms with Crippen molar-refractivity contribution in [2.75, 3.05) is 24.0 Å². The number of nitrogens with zero attached hydrogens (tertiary/aromatic N) is 3. The maximum atomic E-state index is 5.45. The number of methoxy groups -OCH3 is 1. The van der Waals surface area contributed by atoms with Gasteiger partial charge in [-0.15, -0.1) is 0 Å². The predicted molar refractivity (Wildman–Crippen MR) is 71.7 cm³/mol. The predicted octanol–water partition coefficient (Wildman–Crippen LogP) is 1.54. The van der Waals surface area contributed by atoms with Gasteiger partial charge in [0.2, 0.25) is 5.75 Å². The first kappa shape index (κ1) is 12.9. The van der Waals surface area contributed by atoms with Gasteiger partial charge in [-0.25, -0.2) is 15.8 Å². The topological polar surface area (TPSA) is 76.3 Å². The van der Waals surface area contributed by atoms with Gasteiger partial charge in [-0.3, -0.25) is 0 Å². The fourth-order valence-electron chi connectivity index (χ4n) is 2.04. The summed E-state index contributed by atoms with van der Waals surface area (Å²) in [6, 6.07) is 0.589. The summed E-state index contributed by atoms with van der Waals surface area (Å²) >= 11 is 0. The molecule has 0 radical (unpaired) electrons. The summed E-state index contributed by atoms with van der Waals surface area (Å²) in [6.45, 7) is 3.19. The van der Waals surface area contributed by atoms with Crippen molar-refractivity contribution in [1.82, 2.24) is 9.97 Å². The van der Waals surface area contributed by atoms with Gasteiger partial charge in [-0.2, -0.15) is 0 Å².